The lowest BCUT2D eigenvalue weighted by molar-refractivity contribution is -0.114. The molecule has 4 rings (SSSR count). The third-order valence-electron chi connectivity index (χ3n) is 6.10. The fourth-order valence-electron chi connectivity index (χ4n) is 4.41. The molecule has 0 radical (unpaired) electrons. The first-order valence-electron chi connectivity index (χ1n) is 11.4. The molecule has 1 saturated heterocycles. The number of aliphatic hydroxyl groups is 1. The molecule has 1 atom stereocenters. The molecule has 2 aromatic heterocycles. The fourth-order valence-corrected chi connectivity index (χ4v) is 4.41. The average molecular weight is 434 g/mol. The number of benzene rings is 1. The number of hydrogen-bond donors (Lipinski definition) is 2. The lowest BCUT2D eigenvalue weighted by atomic mass is 9.99. The minimum Gasteiger partial charge on any atom is -0.396 e. The number of nitrogens with one attached hydrogen (secondary N) is 1. The molecule has 1 fully saturated rings. The number of allylic oxidation sites excluding steroid dienone is 1. The van der Waals surface area contributed by atoms with Gasteiger partial charge in [-0.05, 0) is 55.9 Å². The van der Waals surface area contributed by atoms with Crippen molar-refractivity contribution in [3.8, 4) is 0 Å². The van der Waals surface area contributed by atoms with Gasteiger partial charge in [-0.3, -0.25) is 4.79 Å². The summed E-state index contributed by atoms with van der Waals surface area (Å²) in [5.74, 6) is 1.73. The molecule has 0 saturated carbocycles. The molecule has 1 aliphatic heterocycles. The zero-order valence-corrected chi connectivity index (χ0v) is 18.6. The molecule has 3 aromatic rings. The van der Waals surface area contributed by atoms with Crippen LogP contribution in [-0.4, -0.2) is 44.7 Å². The van der Waals surface area contributed by atoms with Gasteiger partial charge in [0.15, 0.2) is 11.4 Å². The Kier molecular flexibility index (Phi) is 6.85. The van der Waals surface area contributed by atoms with Gasteiger partial charge in [-0.25, -0.2) is 4.98 Å². The summed E-state index contributed by atoms with van der Waals surface area (Å²) in [5.41, 5.74) is 3.76. The number of carbonyl (C=O) groups excluding carboxylic acids is 1. The van der Waals surface area contributed by atoms with E-state index in [-0.39, 0.29) is 18.4 Å². The van der Waals surface area contributed by atoms with Crippen molar-refractivity contribution in [2.75, 3.05) is 23.4 Å². The van der Waals surface area contributed by atoms with Crippen LogP contribution in [0.2, 0.25) is 0 Å². The van der Waals surface area contributed by atoms with Gasteiger partial charge in [0.1, 0.15) is 11.6 Å². The monoisotopic (exact) mass is 433 g/mol. The summed E-state index contributed by atoms with van der Waals surface area (Å²) in [7, 11) is 0. The van der Waals surface area contributed by atoms with Crippen LogP contribution >= 0.6 is 0 Å². The quantitative estimate of drug-likeness (QED) is 0.495. The minimum atomic E-state index is -0.00424. The van der Waals surface area contributed by atoms with Crippen LogP contribution in [-0.2, 0) is 17.6 Å². The minimum absolute atomic E-state index is 0.00424. The number of aliphatic hydroxyl groups excluding tert-OH is 1. The summed E-state index contributed by atoms with van der Waals surface area (Å²) in [6, 6.07) is 10.2. The maximum Gasteiger partial charge on any atom is 0.162 e. The van der Waals surface area contributed by atoms with E-state index in [9.17, 15) is 9.90 Å². The number of ketones is 1. The molecule has 1 aromatic carbocycles. The van der Waals surface area contributed by atoms with Crippen LogP contribution in [0.3, 0.4) is 0 Å². The van der Waals surface area contributed by atoms with Gasteiger partial charge in [-0.15, -0.1) is 0 Å². The van der Waals surface area contributed by atoms with Crippen molar-refractivity contribution in [2.24, 2.45) is 0 Å². The molecule has 1 aliphatic rings. The topological polar surface area (TPSA) is 82.8 Å². The Morgan fingerprint density at radius 3 is 3.00 bits per heavy atom. The van der Waals surface area contributed by atoms with Gasteiger partial charge in [-0.2, -0.15) is 9.61 Å². The molecule has 0 spiro atoms. The number of carbonyl (C=O) groups is 1. The maximum absolute atomic E-state index is 11.8. The highest BCUT2D eigenvalue weighted by atomic mass is 16.3. The van der Waals surface area contributed by atoms with E-state index in [1.807, 2.05) is 41.0 Å². The lowest BCUT2D eigenvalue weighted by Crippen LogP contribution is -2.40. The SMILES string of the molecule is C=CC(=O)Cc1cccc(Nc2cc(N3CCCC[C@@H]3CCO)nc3c(CC)cnn23)c1. The molecular formula is C25H31N5O2. The number of fused-ring (bicyclic) bond motifs is 1. The molecule has 7 heteroatoms. The fraction of sp³-hybridized carbons (Fsp3) is 0.400. The molecule has 0 amide bonds. The van der Waals surface area contributed by atoms with Crippen LogP contribution in [0.1, 0.15) is 43.7 Å². The largest absolute Gasteiger partial charge is 0.396 e. The van der Waals surface area contributed by atoms with Gasteiger partial charge in [-0.1, -0.05) is 25.6 Å². The zero-order chi connectivity index (χ0) is 22.5. The van der Waals surface area contributed by atoms with E-state index in [1.54, 1.807) is 0 Å². The van der Waals surface area contributed by atoms with Gasteiger partial charge in [0.2, 0.25) is 0 Å². The molecule has 7 nitrogen and oxygen atoms in total. The second kappa shape index (κ2) is 9.96. The summed E-state index contributed by atoms with van der Waals surface area (Å²) in [4.78, 5) is 19.1. The predicted molar refractivity (Wildman–Crippen MR) is 128 cm³/mol. The summed E-state index contributed by atoms with van der Waals surface area (Å²) in [6.07, 6.45) is 8.51. The Hall–Kier alpha value is -3.19. The zero-order valence-electron chi connectivity index (χ0n) is 18.6. The van der Waals surface area contributed by atoms with E-state index >= 15 is 0 Å². The maximum atomic E-state index is 11.8. The van der Waals surface area contributed by atoms with E-state index in [2.05, 4.69) is 28.8 Å². The first-order chi connectivity index (χ1) is 15.6. The summed E-state index contributed by atoms with van der Waals surface area (Å²) in [5, 5.41) is 17.6. The Labute approximate surface area is 188 Å². The van der Waals surface area contributed by atoms with Crippen LogP contribution in [0.25, 0.3) is 5.65 Å². The van der Waals surface area contributed by atoms with Gasteiger partial charge in [0, 0.05) is 42.9 Å². The first kappa shape index (κ1) is 22.0. The highest BCUT2D eigenvalue weighted by molar-refractivity contribution is 5.91. The van der Waals surface area contributed by atoms with Gasteiger partial charge in [0.25, 0.3) is 0 Å². The molecule has 0 unspecified atom stereocenters. The van der Waals surface area contributed by atoms with E-state index < -0.39 is 0 Å². The van der Waals surface area contributed by atoms with E-state index in [4.69, 9.17) is 4.98 Å². The van der Waals surface area contributed by atoms with Crippen molar-refractivity contribution < 1.29 is 9.90 Å². The smallest absolute Gasteiger partial charge is 0.162 e. The highest BCUT2D eigenvalue weighted by Crippen LogP contribution is 2.30. The van der Waals surface area contributed by atoms with Gasteiger partial charge >= 0.3 is 0 Å². The second-order valence-corrected chi connectivity index (χ2v) is 8.29. The summed E-state index contributed by atoms with van der Waals surface area (Å²) >= 11 is 0. The van der Waals surface area contributed by atoms with Gasteiger partial charge in [0.05, 0.1) is 6.20 Å². The van der Waals surface area contributed by atoms with Crippen molar-refractivity contribution in [1.29, 1.82) is 0 Å². The third kappa shape index (κ3) is 4.67. The van der Waals surface area contributed by atoms with Crippen LogP contribution in [0.15, 0.2) is 49.2 Å². The molecule has 0 bridgehead atoms. The standard InChI is InChI=1S/C25H31N5O2/c1-3-19-17-26-30-24(27-20-9-7-8-18(14-20)15-22(32)4-2)16-23(28-25(19)30)29-12-6-5-10-21(29)11-13-31/h4,7-9,14,16-17,21,27,31H,2-3,5-6,10-13,15H2,1H3/t21-/m1/s1. The van der Waals surface area contributed by atoms with E-state index in [0.29, 0.717) is 6.42 Å². The molecule has 168 valence electrons. The molecule has 0 aliphatic carbocycles. The van der Waals surface area contributed by atoms with Crippen LogP contribution < -0.4 is 10.2 Å². The highest BCUT2D eigenvalue weighted by Gasteiger charge is 2.25. The normalized spacial score (nSPS) is 16.3. The number of piperidine rings is 1. The van der Waals surface area contributed by atoms with Crippen LogP contribution in [0, 0.1) is 0 Å². The molecule has 3 heterocycles. The average Bonchev–Trinajstić information content (AvgIpc) is 3.23. The number of nitrogens with zero attached hydrogens (tertiary/aromatic N) is 4. The number of anilines is 3. The first-order valence-corrected chi connectivity index (χ1v) is 11.4. The third-order valence-corrected chi connectivity index (χ3v) is 6.10. The summed E-state index contributed by atoms with van der Waals surface area (Å²) in [6.45, 7) is 6.78. The van der Waals surface area contributed by atoms with Crippen molar-refractivity contribution >= 4 is 28.8 Å². The number of rotatable bonds is 9. The Morgan fingerprint density at radius 1 is 1.34 bits per heavy atom. The van der Waals surface area contributed by atoms with Crippen LogP contribution in [0.4, 0.5) is 17.3 Å². The van der Waals surface area contributed by atoms with E-state index in [0.717, 1.165) is 66.3 Å². The Bertz CT molecular complexity index is 1100. The second-order valence-electron chi connectivity index (χ2n) is 8.29. The van der Waals surface area contributed by atoms with E-state index in [1.165, 1.54) is 12.5 Å². The predicted octanol–water partition coefficient (Wildman–Crippen LogP) is 4.07. The van der Waals surface area contributed by atoms with Crippen LogP contribution in [0.5, 0.6) is 0 Å². The summed E-state index contributed by atoms with van der Waals surface area (Å²) < 4.78 is 1.84. The van der Waals surface area contributed by atoms with Crippen molar-refractivity contribution in [2.45, 2.75) is 51.5 Å². The molecular weight excluding hydrogens is 402 g/mol. The van der Waals surface area contributed by atoms with Crippen molar-refractivity contribution in [3.05, 3.63) is 60.3 Å². The van der Waals surface area contributed by atoms with Crippen molar-refractivity contribution in [3.63, 3.8) is 0 Å². The number of aryl methyl sites for hydroxylation is 1. The molecule has 32 heavy (non-hydrogen) atoms. The molecule has 2 N–H and O–H groups in total. The van der Waals surface area contributed by atoms with Gasteiger partial charge < -0.3 is 15.3 Å². The van der Waals surface area contributed by atoms with Crippen molar-refractivity contribution in [1.82, 2.24) is 14.6 Å². The number of aromatic nitrogens is 3. The Morgan fingerprint density at radius 2 is 2.22 bits per heavy atom. The lowest BCUT2D eigenvalue weighted by Gasteiger charge is -2.36. The Balaban J connectivity index is 1.72. The number of hydrogen-bond acceptors (Lipinski definition) is 6.